The summed E-state index contributed by atoms with van der Waals surface area (Å²) < 4.78 is 14.3. The van der Waals surface area contributed by atoms with E-state index in [9.17, 15) is 4.39 Å². The van der Waals surface area contributed by atoms with E-state index in [1.165, 1.54) is 12.1 Å². The van der Waals surface area contributed by atoms with E-state index < -0.39 is 0 Å². The first-order valence-electron chi connectivity index (χ1n) is 8.78. The number of benzene rings is 2. The Labute approximate surface area is 175 Å². The van der Waals surface area contributed by atoms with E-state index >= 15 is 0 Å². The lowest BCUT2D eigenvalue weighted by molar-refractivity contribution is 0.628. The zero-order valence-corrected chi connectivity index (χ0v) is 17.5. The molecule has 0 spiro atoms. The third-order valence-electron chi connectivity index (χ3n) is 4.49. The summed E-state index contributed by atoms with van der Waals surface area (Å²) in [7, 11) is 0. The number of nitrogens with zero attached hydrogens (tertiary/aromatic N) is 4. The van der Waals surface area contributed by atoms with Crippen LogP contribution in [0, 0.1) is 16.3 Å². The maximum atomic E-state index is 13.3. The Kier molecular flexibility index (Phi) is 5.17. The number of hydrogen-bond donors (Lipinski definition) is 1. The molecule has 4 rings (SSSR count). The number of nitrogens with one attached hydrogen (secondary N) is 1. The van der Waals surface area contributed by atoms with Crippen molar-refractivity contribution < 1.29 is 4.39 Å². The standard InChI is InChI=1S/C21H17FIN5/c1-12-3-8-19(28-27-12)13(2)26-21-17-9-15(14-4-6-16(22)7-5-14)10-18(23)20(17)24-11-25-21/h3-11,13H,1-2H3,(H,24,25,26). The summed E-state index contributed by atoms with van der Waals surface area (Å²) in [5.74, 6) is 0.472. The molecule has 2 aromatic carbocycles. The maximum Gasteiger partial charge on any atom is 0.137 e. The van der Waals surface area contributed by atoms with Crippen LogP contribution in [-0.4, -0.2) is 20.2 Å². The van der Waals surface area contributed by atoms with Crippen LogP contribution in [0.4, 0.5) is 10.2 Å². The van der Waals surface area contributed by atoms with Gasteiger partial charge in [0.15, 0.2) is 0 Å². The van der Waals surface area contributed by atoms with Gasteiger partial charge in [-0.05, 0) is 84.0 Å². The molecule has 0 radical (unpaired) electrons. The van der Waals surface area contributed by atoms with Crippen molar-refractivity contribution in [2.45, 2.75) is 19.9 Å². The molecule has 2 aromatic heterocycles. The molecule has 1 unspecified atom stereocenters. The van der Waals surface area contributed by atoms with E-state index in [4.69, 9.17) is 0 Å². The van der Waals surface area contributed by atoms with Gasteiger partial charge in [0.05, 0.1) is 22.9 Å². The highest BCUT2D eigenvalue weighted by molar-refractivity contribution is 14.1. The predicted octanol–water partition coefficient (Wildman–Crippen LogP) is 5.31. The summed E-state index contributed by atoms with van der Waals surface area (Å²) in [6.45, 7) is 3.92. The van der Waals surface area contributed by atoms with Crippen LogP contribution in [0.2, 0.25) is 0 Å². The average Bonchev–Trinajstić information content (AvgIpc) is 2.69. The predicted molar refractivity (Wildman–Crippen MR) is 116 cm³/mol. The molecular weight excluding hydrogens is 468 g/mol. The Morgan fingerprint density at radius 3 is 2.46 bits per heavy atom. The van der Waals surface area contributed by atoms with Crippen molar-refractivity contribution in [3.63, 3.8) is 0 Å². The maximum absolute atomic E-state index is 13.3. The number of halogens is 2. The van der Waals surface area contributed by atoms with Gasteiger partial charge in [-0.1, -0.05) is 12.1 Å². The van der Waals surface area contributed by atoms with Crippen molar-refractivity contribution in [3.8, 4) is 11.1 Å². The fourth-order valence-corrected chi connectivity index (χ4v) is 3.73. The van der Waals surface area contributed by atoms with Gasteiger partial charge in [0.25, 0.3) is 0 Å². The average molecular weight is 485 g/mol. The molecule has 0 fully saturated rings. The molecule has 2 heterocycles. The summed E-state index contributed by atoms with van der Waals surface area (Å²) >= 11 is 2.27. The number of aromatic nitrogens is 4. The van der Waals surface area contributed by atoms with Gasteiger partial charge in [-0.3, -0.25) is 0 Å². The summed E-state index contributed by atoms with van der Waals surface area (Å²) in [5.41, 5.74) is 4.50. The first-order chi connectivity index (χ1) is 13.5. The Morgan fingerprint density at radius 1 is 0.964 bits per heavy atom. The van der Waals surface area contributed by atoms with E-state index in [-0.39, 0.29) is 11.9 Å². The topological polar surface area (TPSA) is 63.6 Å². The van der Waals surface area contributed by atoms with Gasteiger partial charge < -0.3 is 5.32 Å². The van der Waals surface area contributed by atoms with Crippen LogP contribution in [0.1, 0.15) is 24.4 Å². The lowest BCUT2D eigenvalue weighted by Crippen LogP contribution is -2.11. The quantitative estimate of drug-likeness (QED) is 0.397. The Hall–Kier alpha value is -2.68. The minimum atomic E-state index is -0.252. The molecule has 0 bridgehead atoms. The third-order valence-corrected chi connectivity index (χ3v) is 5.31. The van der Waals surface area contributed by atoms with Crippen molar-refractivity contribution in [1.29, 1.82) is 0 Å². The molecule has 5 nitrogen and oxygen atoms in total. The molecule has 7 heteroatoms. The molecule has 0 aliphatic rings. The van der Waals surface area contributed by atoms with Gasteiger partial charge >= 0.3 is 0 Å². The Morgan fingerprint density at radius 2 is 1.75 bits per heavy atom. The Balaban J connectivity index is 1.76. The zero-order chi connectivity index (χ0) is 19.7. The highest BCUT2D eigenvalue weighted by Gasteiger charge is 2.14. The lowest BCUT2D eigenvalue weighted by Gasteiger charge is -2.16. The van der Waals surface area contributed by atoms with Crippen molar-refractivity contribution in [2.24, 2.45) is 0 Å². The number of hydrogen-bond acceptors (Lipinski definition) is 5. The van der Waals surface area contributed by atoms with Crippen LogP contribution in [-0.2, 0) is 0 Å². The monoisotopic (exact) mass is 485 g/mol. The van der Waals surface area contributed by atoms with Crippen molar-refractivity contribution >= 4 is 39.3 Å². The molecule has 0 saturated heterocycles. The molecule has 1 N–H and O–H groups in total. The largest absolute Gasteiger partial charge is 0.361 e. The van der Waals surface area contributed by atoms with E-state index in [1.807, 2.05) is 38.1 Å². The Bertz CT molecular complexity index is 1130. The number of aryl methyl sites for hydroxylation is 1. The number of rotatable bonds is 4. The van der Waals surface area contributed by atoms with E-state index in [0.717, 1.165) is 42.8 Å². The molecule has 140 valence electrons. The van der Waals surface area contributed by atoms with Crippen LogP contribution >= 0.6 is 22.6 Å². The van der Waals surface area contributed by atoms with Crippen LogP contribution in [0.25, 0.3) is 22.0 Å². The van der Waals surface area contributed by atoms with Crippen LogP contribution in [0.5, 0.6) is 0 Å². The third kappa shape index (κ3) is 3.80. The number of fused-ring (bicyclic) bond motifs is 1. The van der Waals surface area contributed by atoms with Gasteiger partial charge in [-0.15, -0.1) is 0 Å². The second kappa shape index (κ2) is 7.75. The van der Waals surface area contributed by atoms with Crippen molar-refractivity contribution in [2.75, 3.05) is 5.32 Å². The number of anilines is 1. The molecule has 28 heavy (non-hydrogen) atoms. The second-order valence-corrected chi connectivity index (χ2v) is 7.71. The molecule has 0 aliphatic carbocycles. The summed E-state index contributed by atoms with van der Waals surface area (Å²) in [5, 5.41) is 12.7. The van der Waals surface area contributed by atoms with Crippen molar-refractivity contribution in [3.05, 3.63) is 75.6 Å². The summed E-state index contributed by atoms with van der Waals surface area (Å²) in [6.07, 6.45) is 1.55. The smallest absolute Gasteiger partial charge is 0.137 e. The first kappa shape index (κ1) is 18.7. The molecule has 4 aromatic rings. The summed E-state index contributed by atoms with van der Waals surface area (Å²) in [6, 6.07) is 14.4. The minimum Gasteiger partial charge on any atom is -0.361 e. The van der Waals surface area contributed by atoms with E-state index in [0.29, 0.717) is 0 Å². The molecule has 0 saturated carbocycles. The SMILES string of the molecule is Cc1ccc(C(C)Nc2ncnc3c(I)cc(-c4ccc(F)cc4)cc23)nn1. The fraction of sp³-hybridized carbons (Fsp3) is 0.143. The summed E-state index contributed by atoms with van der Waals surface area (Å²) in [4.78, 5) is 8.88. The van der Waals surface area contributed by atoms with Gasteiger partial charge in [-0.25, -0.2) is 14.4 Å². The van der Waals surface area contributed by atoms with Crippen LogP contribution in [0.15, 0.2) is 54.9 Å². The molecule has 0 amide bonds. The fourth-order valence-electron chi connectivity index (χ4n) is 2.97. The lowest BCUT2D eigenvalue weighted by atomic mass is 10.0. The highest BCUT2D eigenvalue weighted by Crippen LogP contribution is 2.32. The second-order valence-electron chi connectivity index (χ2n) is 6.55. The normalized spacial score (nSPS) is 12.1. The minimum absolute atomic E-state index is 0.0710. The van der Waals surface area contributed by atoms with Crippen LogP contribution < -0.4 is 5.32 Å². The van der Waals surface area contributed by atoms with Gasteiger partial charge in [0.2, 0.25) is 0 Å². The zero-order valence-electron chi connectivity index (χ0n) is 15.3. The van der Waals surface area contributed by atoms with Gasteiger partial charge in [0, 0.05) is 8.96 Å². The van der Waals surface area contributed by atoms with E-state index in [1.54, 1.807) is 18.5 Å². The molecule has 1 atom stereocenters. The molecule has 0 aliphatic heterocycles. The van der Waals surface area contributed by atoms with E-state index in [2.05, 4.69) is 48.1 Å². The van der Waals surface area contributed by atoms with Crippen LogP contribution in [0.3, 0.4) is 0 Å². The van der Waals surface area contributed by atoms with Gasteiger partial charge in [-0.2, -0.15) is 10.2 Å². The van der Waals surface area contributed by atoms with Gasteiger partial charge in [0.1, 0.15) is 18.0 Å². The first-order valence-corrected chi connectivity index (χ1v) is 9.86. The highest BCUT2D eigenvalue weighted by atomic mass is 127. The van der Waals surface area contributed by atoms with Crippen molar-refractivity contribution in [1.82, 2.24) is 20.2 Å². The molecular formula is C21H17FIN5.